The Balaban J connectivity index is 1.88. The summed E-state index contributed by atoms with van der Waals surface area (Å²) in [5, 5.41) is 11.7. The molecule has 0 fully saturated rings. The molecule has 27 heavy (non-hydrogen) atoms. The molecule has 7 heteroatoms. The molecule has 0 aliphatic heterocycles. The van der Waals surface area contributed by atoms with Crippen LogP contribution < -0.4 is 4.74 Å². The van der Waals surface area contributed by atoms with Crippen molar-refractivity contribution in [1.82, 2.24) is 9.97 Å². The number of nitrogens with one attached hydrogen (secondary N) is 1. The van der Waals surface area contributed by atoms with E-state index in [0.29, 0.717) is 22.1 Å². The van der Waals surface area contributed by atoms with Crippen LogP contribution in [0, 0.1) is 0 Å². The third-order valence-corrected chi connectivity index (χ3v) is 4.50. The molecule has 0 unspecified atom stereocenters. The third-order valence-electron chi connectivity index (χ3n) is 4.25. The van der Waals surface area contributed by atoms with Crippen molar-refractivity contribution < 1.29 is 19.4 Å². The summed E-state index contributed by atoms with van der Waals surface area (Å²) in [6.45, 7) is 0.140. The second kappa shape index (κ2) is 6.90. The highest BCUT2D eigenvalue weighted by molar-refractivity contribution is 6.30. The Kier molecular flexibility index (Phi) is 4.43. The lowest BCUT2D eigenvalue weighted by atomic mass is 10.1. The van der Waals surface area contributed by atoms with Crippen LogP contribution in [0.4, 0.5) is 0 Å². The molecule has 0 saturated carbocycles. The molecule has 2 aromatic carbocycles. The number of pyridine rings is 1. The van der Waals surface area contributed by atoms with E-state index >= 15 is 0 Å². The smallest absolute Gasteiger partial charge is 0.354 e. The standard InChI is InChI=1S/C20H15ClN2O4/c1-26-10-15-18-14-8-13(27-12-4-2-11(21)3-5-12)6-7-16(14)23-17(18)9-22-19(15)20(24)25/h2-9,23H,10H2,1H3,(H,24,25). The van der Waals surface area contributed by atoms with Crippen LogP contribution >= 0.6 is 11.6 Å². The SMILES string of the molecule is COCc1c(C(=O)O)ncc2[nH]c3ccc(Oc4ccc(Cl)cc4)cc3c12. The largest absolute Gasteiger partial charge is 0.477 e. The van der Waals surface area contributed by atoms with Crippen LogP contribution in [0.3, 0.4) is 0 Å². The van der Waals surface area contributed by atoms with Crippen molar-refractivity contribution in [1.29, 1.82) is 0 Å². The number of hydrogen-bond acceptors (Lipinski definition) is 4. The van der Waals surface area contributed by atoms with E-state index in [9.17, 15) is 9.90 Å². The van der Waals surface area contributed by atoms with E-state index in [0.717, 1.165) is 21.8 Å². The number of benzene rings is 2. The van der Waals surface area contributed by atoms with Crippen molar-refractivity contribution in [3.8, 4) is 11.5 Å². The monoisotopic (exact) mass is 382 g/mol. The minimum absolute atomic E-state index is 0.0192. The van der Waals surface area contributed by atoms with Gasteiger partial charge in [0.2, 0.25) is 0 Å². The maximum atomic E-state index is 11.6. The number of H-pyrrole nitrogens is 1. The van der Waals surface area contributed by atoms with Gasteiger partial charge in [0, 0.05) is 34.0 Å². The van der Waals surface area contributed by atoms with Gasteiger partial charge in [0.1, 0.15) is 11.5 Å². The molecular weight excluding hydrogens is 368 g/mol. The zero-order valence-electron chi connectivity index (χ0n) is 14.3. The molecule has 2 aromatic heterocycles. The van der Waals surface area contributed by atoms with E-state index in [4.69, 9.17) is 21.1 Å². The fraction of sp³-hybridized carbons (Fsp3) is 0.100. The van der Waals surface area contributed by atoms with Gasteiger partial charge < -0.3 is 19.6 Å². The van der Waals surface area contributed by atoms with E-state index in [2.05, 4.69) is 9.97 Å². The summed E-state index contributed by atoms with van der Waals surface area (Å²) in [6.07, 6.45) is 1.53. The van der Waals surface area contributed by atoms with Gasteiger partial charge in [-0.1, -0.05) is 11.6 Å². The van der Waals surface area contributed by atoms with Crippen molar-refractivity contribution in [2.45, 2.75) is 6.61 Å². The van der Waals surface area contributed by atoms with Gasteiger partial charge >= 0.3 is 5.97 Å². The number of ether oxygens (including phenoxy) is 2. The Morgan fingerprint density at radius 2 is 1.89 bits per heavy atom. The fourth-order valence-electron chi connectivity index (χ4n) is 3.11. The van der Waals surface area contributed by atoms with Crippen molar-refractivity contribution in [3.05, 3.63) is 64.9 Å². The molecule has 0 saturated heterocycles. The summed E-state index contributed by atoms with van der Waals surface area (Å²) in [5.74, 6) is 0.193. The molecule has 0 radical (unpaired) electrons. The minimum Gasteiger partial charge on any atom is -0.477 e. The van der Waals surface area contributed by atoms with E-state index in [-0.39, 0.29) is 12.3 Å². The van der Waals surface area contributed by atoms with E-state index < -0.39 is 5.97 Å². The van der Waals surface area contributed by atoms with Gasteiger partial charge in [0.15, 0.2) is 5.69 Å². The molecule has 2 N–H and O–H groups in total. The highest BCUT2D eigenvalue weighted by Gasteiger charge is 2.19. The van der Waals surface area contributed by atoms with Crippen LogP contribution in [0.5, 0.6) is 11.5 Å². The summed E-state index contributed by atoms with van der Waals surface area (Å²) in [4.78, 5) is 18.9. The molecule has 4 aromatic rings. The van der Waals surface area contributed by atoms with Gasteiger partial charge in [0.05, 0.1) is 18.3 Å². The highest BCUT2D eigenvalue weighted by atomic mass is 35.5. The molecule has 0 bridgehead atoms. The number of methoxy groups -OCH3 is 1. The van der Waals surface area contributed by atoms with Crippen LogP contribution in [0.15, 0.2) is 48.7 Å². The highest BCUT2D eigenvalue weighted by Crippen LogP contribution is 2.34. The average Bonchev–Trinajstić information content (AvgIpc) is 3.02. The molecule has 0 aliphatic carbocycles. The number of aromatic amines is 1. The maximum Gasteiger partial charge on any atom is 0.354 e. The lowest BCUT2D eigenvalue weighted by Crippen LogP contribution is -2.07. The lowest BCUT2D eigenvalue weighted by Gasteiger charge is -2.08. The lowest BCUT2D eigenvalue weighted by molar-refractivity contribution is 0.0685. The number of nitrogens with zero attached hydrogens (tertiary/aromatic N) is 1. The van der Waals surface area contributed by atoms with Crippen molar-refractivity contribution in [2.24, 2.45) is 0 Å². The van der Waals surface area contributed by atoms with Gasteiger partial charge in [-0.3, -0.25) is 0 Å². The Labute approximate surface area is 159 Å². The quantitative estimate of drug-likeness (QED) is 0.507. The van der Waals surface area contributed by atoms with Gasteiger partial charge in [-0.25, -0.2) is 9.78 Å². The molecule has 4 rings (SSSR count). The Morgan fingerprint density at radius 1 is 1.15 bits per heavy atom. The number of carboxylic acids is 1. The molecule has 0 spiro atoms. The number of rotatable bonds is 5. The maximum absolute atomic E-state index is 11.6. The number of carboxylic acid groups (broad SMARTS) is 1. The fourth-order valence-corrected chi connectivity index (χ4v) is 3.24. The van der Waals surface area contributed by atoms with Gasteiger partial charge in [-0.15, -0.1) is 0 Å². The summed E-state index contributed by atoms with van der Waals surface area (Å²) in [7, 11) is 1.52. The van der Waals surface area contributed by atoms with Gasteiger partial charge in [-0.2, -0.15) is 0 Å². The van der Waals surface area contributed by atoms with Crippen molar-refractivity contribution in [3.63, 3.8) is 0 Å². The predicted molar refractivity (Wildman–Crippen MR) is 103 cm³/mol. The first kappa shape index (κ1) is 17.3. The first-order valence-corrected chi connectivity index (χ1v) is 8.53. The second-order valence-corrected chi connectivity index (χ2v) is 6.44. The molecule has 2 heterocycles. The zero-order valence-corrected chi connectivity index (χ0v) is 15.1. The number of aromatic nitrogens is 2. The molecule has 0 amide bonds. The topological polar surface area (TPSA) is 84.4 Å². The second-order valence-electron chi connectivity index (χ2n) is 6.00. The minimum atomic E-state index is -1.09. The Morgan fingerprint density at radius 3 is 2.59 bits per heavy atom. The number of hydrogen-bond donors (Lipinski definition) is 2. The molecule has 0 atom stereocenters. The molecular formula is C20H15ClN2O4. The predicted octanol–water partition coefficient (Wildman–Crippen LogP) is 5.01. The summed E-state index contributed by atoms with van der Waals surface area (Å²) >= 11 is 5.91. The van der Waals surface area contributed by atoms with Crippen LogP contribution in [-0.2, 0) is 11.3 Å². The van der Waals surface area contributed by atoms with E-state index in [1.165, 1.54) is 13.3 Å². The summed E-state index contributed by atoms with van der Waals surface area (Å²) in [6, 6.07) is 12.7. The number of aromatic carboxylic acids is 1. The Hall–Kier alpha value is -3.09. The molecule has 136 valence electrons. The molecule has 0 aliphatic rings. The van der Waals surface area contributed by atoms with Crippen LogP contribution in [0.25, 0.3) is 21.8 Å². The van der Waals surface area contributed by atoms with Crippen LogP contribution in [-0.4, -0.2) is 28.2 Å². The van der Waals surface area contributed by atoms with E-state index in [1.54, 1.807) is 24.3 Å². The zero-order chi connectivity index (χ0) is 19.0. The van der Waals surface area contributed by atoms with Gasteiger partial charge in [-0.05, 0) is 42.5 Å². The normalized spacial score (nSPS) is 11.2. The van der Waals surface area contributed by atoms with E-state index in [1.807, 2.05) is 18.2 Å². The van der Waals surface area contributed by atoms with Crippen molar-refractivity contribution in [2.75, 3.05) is 7.11 Å². The first-order chi connectivity index (χ1) is 13.1. The third kappa shape index (κ3) is 3.20. The van der Waals surface area contributed by atoms with Crippen LogP contribution in [0.2, 0.25) is 5.02 Å². The summed E-state index contributed by atoms with van der Waals surface area (Å²) in [5.41, 5.74) is 2.10. The average molecular weight is 383 g/mol. The molecule has 6 nitrogen and oxygen atoms in total. The first-order valence-electron chi connectivity index (χ1n) is 8.16. The Bertz CT molecular complexity index is 1150. The van der Waals surface area contributed by atoms with Crippen LogP contribution in [0.1, 0.15) is 16.1 Å². The number of carbonyl (C=O) groups is 1. The number of halogens is 1. The number of fused-ring (bicyclic) bond motifs is 3. The summed E-state index contributed by atoms with van der Waals surface area (Å²) < 4.78 is 11.1. The van der Waals surface area contributed by atoms with Crippen molar-refractivity contribution >= 4 is 39.4 Å². The van der Waals surface area contributed by atoms with Gasteiger partial charge in [0.25, 0.3) is 0 Å².